The molecule has 0 radical (unpaired) electrons. The Balaban J connectivity index is 2.08. The van der Waals surface area contributed by atoms with Crippen LogP contribution in [0.15, 0.2) is 18.2 Å². The molecule has 1 fully saturated rings. The monoisotopic (exact) mass is 331 g/mol. The average Bonchev–Trinajstić information content (AvgIpc) is 3.34. The van der Waals surface area contributed by atoms with Gasteiger partial charge in [-0.25, -0.2) is 0 Å². The van der Waals surface area contributed by atoms with Crippen LogP contribution >= 0.6 is 0 Å². The van der Waals surface area contributed by atoms with E-state index in [1.54, 1.807) is 11.8 Å². The van der Waals surface area contributed by atoms with Crippen molar-refractivity contribution in [3.05, 3.63) is 23.8 Å². The van der Waals surface area contributed by atoms with E-state index >= 15 is 0 Å². The lowest BCUT2D eigenvalue weighted by Crippen LogP contribution is -2.35. The predicted octanol–water partition coefficient (Wildman–Crippen LogP) is 2.86. The summed E-state index contributed by atoms with van der Waals surface area (Å²) in [7, 11) is 0. The topological polar surface area (TPSA) is 52.6 Å². The van der Waals surface area contributed by atoms with Gasteiger partial charge in [-0.3, -0.25) is 9.59 Å². The molecule has 2 amide bonds. The van der Waals surface area contributed by atoms with Crippen molar-refractivity contribution < 1.29 is 9.59 Å². The molecule has 0 atom stereocenters. The van der Waals surface area contributed by atoms with Crippen LogP contribution < -0.4 is 15.1 Å². The predicted molar refractivity (Wildman–Crippen MR) is 98.5 cm³/mol. The number of carbonyl (C=O) groups is 2. The molecule has 5 nitrogen and oxygen atoms in total. The van der Waals surface area contributed by atoms with E-state index < -0.39 is 0 Å². The molecule has 0 saturated heterocycles. The third-order valence-electron chi connectivity index (χ3n) is 4.48. The second kappa shape index (κ2) is 8.18. The van der Waals surface area contributed by atoms with Gasteiger partial charge >= 0.3 is 0 Å². The van der Waals surface area contributed by atoms with Gasteiger partial charge in [0.1, 0.15) is 0 Å². The van der Waals surface area contributed by atoms with Crippen molar-refractivity contribution in [2.24, 2.45) is 0 Å². The van der Waals surface area contributed by atoms with E-state index in [0.717, 1.165) is 42.9 Å². The van der Waals surface area contributed by atoms with Gasteiger partial charge < -0.3 is 15.1 Å². The second-order valence-electron chi connectivity index (χ2n) is 6.41. The zero-order valence-corrected chi connectivity index (χ0v) is 15.3. The first-order chi connectivity index (χ1) is 11.5. The Hall–Kier alpha value is -2.04. The van der Waals surface area contributed by atoms with Crippen LogP contribution in [-0.4, -0.2) is 37.5 Å². The van der Waals surface area contributed by atoms with Crippen molar-refractivity contribution >= 4 is 23.2 Å². The van der Waals surface area contributed by atoms with Crippen molar-refractivity contribution in [3.63, 3.8) is 0 Å². The van der Waals surface area contributed by atoms with E-state index in [2.05, 4.69) is 36.2 Å². The van der Waals surface area contributed by atoms with Gasteiger partial charge in [0.15, 0.2) is 0 Å². The van der Waals surface area contributed by atoms with E-state index in [1.807, 2.05) is 13.0 Å². The molecule has 1 aliphatic rings. The van der Waals surface area contributed by atoms with Gasteiger partial charge in [0.25, 0.3) is 0 Å². The van der Waals surface area contributed by atoms with Crippen LogP contribution in [0.2, 0.25) is 0 Å². The van der Waals surface area contributed by atoms with Crippen molar-refractivity contribution in [1.29, 1.82) is 0 Å². The summed E-state index contributed by atoms with van der Waals surface area (Å²) in [6.07, 6.45) is 2.50. The smallest absolute Gasteiger partial charge is 0.223 e. The van der Waals surface area contributed by atoms with Crippen molar-refractivity contribution in [2.45, 2.75) is 53.0 Å². The number of carbonyl (C=O) groups excluding carboxylic acids is 2. The maximum Gasteiger partial charge on any atom is 0.223 e. The highest BCUT2D eigenvalue weighted by molar-refractivity contribution is 5.93. The molecule has 0 aromatic heterocycles. The van der Waals surface area contributed by atoms with Gasteiger partial charge in [0.2, 0.25) is 11.8 Å². The van der Waals surface area contributed by atoms with Crippen molar-refractivity contribution in [1.82, 2.24) is 5.32 Å². The normalized spacial score (nSPS) is 13.5. The fourth-order valence-corrected chi connectivity index (χ4v) is 2.92. The minimum absolute atomic E-state index is 0.0289. The molecule has 2 rings (SSSR count). The molecule has 0 heterocycles. The van der Waals surface area contributed by atoms with Gasteiger partial charge in [-0.05, 0) is 57.4 Å². The number of aryl methyl sites for hydroxylation is 1. The first-order valence-corrected chi connectivity index (χ1v) is 8.89. The number of anilines is 2. The number of rotatable bonds is 8. The Bertz CT molecular complexity index is 592. The largest absolute Gasteiger partial charge is 0.372 e. The van der Waals surface area contributed by atoms with Gasteiger partial charge in [0.05, 0.1) is 0 Å². The molecular formula is C19H29N3O2. The summed E-state index contributed by atoms with van der Waals surface area (Å²) in [5, 5.41) is 2.97. The summed E-state index contributed by atoms with van der Waals surface area (Å²) >= 11 is 0. The van der Waals surface area contributed by atoms with Crippen LogP contribution in [0.5, 0.6) is 0 Å². The number of benzene rings is 1. The van der Waals surface area contributed by atoms with E-state index in [-0.39, 0.29) is 11.8 Å². The lowest BCUT2D eigenvalue weighted by molar-refractivity contribution is -0.121. The zero-order chi connectivity index (χ0) is 17.7. The number of nitrogens with one attached hydrogen (secondary N) is 1. The Morgan fingerprint density at radius 2 is 1.88 bits per heavy atom. The van der Waals surface area contributed by atoms with Crippen molar-refractivity contribution in [3.8, 4) is 0 Å². The van der Waals surface area contributed by atoms with Crippen LogP contribution in [0.25, 0.3) is 0 Å². The molecule has 1 saturated carbocycles. The average molecular weight is 331 g/mol. The SMILES string of the molecule is CCN(CC)c1ccc(N(CCC(=O)NC2CC2)C(C)=O)c(C)c1. The molecule has 1 aromatic rings. The van der Waals surface area contributed by atoms with Gasteiger partial charge in [0, 0.05) is 50.4 Å². The summed E-state index contributed by atoms with van der Waals surface area (Å²) in [5.41, 5.74) is 3.10. The molecule has 24 heavy (non-hydrogen) atoms. The number of hydrogen-bond donors (Lipinski definition) is 1. The lowest BCUT2D eigenvalue weighted by Gasteiger charge is -2.26. The van der Waals surface area contributed by atoms with Crippen LogP contribution in [-0.2, 0) is 9.59 Å². The van der Waals surface area contributed by atoms with E-state index in [1.165, 1.54) is 0 Å². The Kier molecular flexibility index (Phi) is 6.23. The highest BCUT2D eigenvalue weighted by Gasteiger charge is 2.24. The highest BCUT2D eigenvalue weighted by atomic mass is 16.2. The van der Waals surface area contributed by atoms with Gasteiger partial charge in [-0.2, -0.15) is 0 Å². The third-order valence-corrected chi connectivity index (χ3v) is 4.48. The number of hydrogen-bond acceptors (Lipinski definition) is 3. The summed E-state index contributed by atoms with van der Waals surface area (Å²) in [4.78, 5) is 27.9. The summed E-state index contributed by atoms with van der Waals surface area (Å²) < 4.78 is 0. The minimum atomic E-state index is -0.0343. The number of amides is 2. The molecule has 0 bridgehead atoms. The Morgan fingerprint density at radius 1 is 1.21 bits per heavy atom. The molecule has 1 N–H and O–H groups in total. The summed E-state index contributed by atoms with van der Waals surface area (Å²) in [6, 6.07) is 6.51. The van der Waals surface area contributed by atoms with Crippen molar-refractivity contribution in [2.75, 3.05) is 29.4 Å². The Morgan fingerprint density at radius 3 is 2.38 bits per heavy atom. The maximum absolute atomic E-state index is 12.1. The fraction of sp³-hybridized carbons (Fsp3) is 0.579. The summed E-state index contributed by atoms with van der Waals surface area (Å²) in [6.45, 7) is 10.2. The highest BCUT2D eigenvalue weighted by Crippen LogP contribution is 2.26. The minimum Gasteiger partial charge on any atom is -0.372 e. The molecule has 0 spiro atoms. The van der Waals surface area contributed by atoms with Crippen LogP contribution in [0, 0.1) is 6.92 Å². The molecule has 1 aliphatic carbocycles. The molecule has 1 aromatic carbocycles. The van der Waals surface area contributed by atoms with Gasteiger partial charge in [-0.15, -0.1) is 0 Å². The molecule has 0 unspecified atom stereocenters. The molecular weight excluding hydrogens is 302 g/mol. The van der Waals surface area contributed by atoms with Crippen LogP contribution in [0.1, 0.15) is 45.6 Å². The quantitative estimate of drug-likeness (QED) is 0.797. The maximum atomic E-state index is 12.1. The van der Waals surface area contributed by atoms with Crippen LogP contribution in [0.4, 0.5) is 11.4 Å². The zero-order valence-electron chi connectivity index (χ0n) is 15.3. The van der Waals surface area contributed by atoms with Crippen LogP contribution in [0.3, 0.4) is 0 Å². The Labute approximate surface area is 145 Å². The second-order valence-corrected chi connectivity index (χ2v) is 6.41. The van der Waals surface area contributed by atoms with E-state index in [0.29, 0.717) is 19.0 Å². The lowest BCUT2D eigenvalue weighted by atomic mass is 10.1. The van der Waals surface area contributed by atoms with Gasteiger partial charge in [-0.1, -0.05) is 0 Å². The van der Waals surface area contributed by atoms with E-state index in [9.17, 15) is 9.59 Å². The number of nitrogens with zero attached hydrogens (tertiary/aromatic N) is 2. The molecule has 5 heteroatoms. The standard InChI is InChI=1S/C19H29N3O2/c1-5-21(6-2)17-9-10-18(14(3)13-17)22(15(4)23)12-11-19(24)20-16-7-8-16/h9-10,13,16H,5-8,11-12H2,1-4H3,(H,20,24). The van der Waals surface area contributed by atoms with E-state index in [4.69, 9.17) is 0 Å². The fourth-order valence-electron chi connectivity index (χ4n) is 2.92. The summed E-state index contributed by atoms with van der Waals surface area (Å²) in [5.74, 6) is -0.00549. The first kappa shape index (κ1) is 18.3. The third kappa shape index (κ3) is 4.73. The molecule has 132 valence electrons. The molecule has 0 aliphatic heterocycles. The first-order valence-electron chi connectivity index (χ1n) is 8.89.